The molecular weight excluding hydrogens is 456 g/mol. The summed E-state index contributed by atoms with van der Waals surface area (Å²) in [5, 5.41) is 14.7. The third-order valence-electron chi connectivity index (χ3n) is 4.89. The van der Waals surface area contributed by atoms with Gasteiger partial charge in [0.25, 0.3) is 5.72 Å². The van der Waals surface area contributed by atoms with E-state index in [4.69, 9.17) is 27.9 Å². The lowest BCUT2D eigenvalue weighted by atomic mass is 10.0. The van der Waals surface area contributed by atoms with Crippen LogP contribution in [0.1, 0.15) is 30.4 Å². The topological polar surface area (TPSA) is 62.1 Å². The fraction of sp³-hybridized carbons (Fsp3) is 0.333. The number of ether oxygens (including phenoxy) is 1. The van der Waals surface area contributed by atoms with E-state index in [1.54, 1.807) is 12.1 Å². The van der Waals surface area contributed by atoms with Gasteiger partial charge in [-0.25, -0.2) is 0 Å². The number of alkyl halides is 3. The van der Waals surface area contributed by atoms with Crippen molar-refractivity contribution in [2.75, 3.05) is 7.11 Å². The van der Waals surface area contributed by atoms with Gasteiger partial charge < -0.3 is 9.84 Å². The van der Waals surface area contributed by atoms with Crippen LogP contribution in [0.15, 0.2) is 47.6 Å². The Balaban J connectivity index is 1.77. The van der Waals surface area contributed by atoms with Gasteiger partial charge in [-0.15, -0.1) is 0 Å². The normalized spacial score (nSPS) is 18.8. The second kappa shape index (κ2) is 9.06. The number of hydrogen-bond acceptors (Lipinski definition) is 4. The van der Waals surface area contributed by atoms with Gasteiger partial charge in [0.05, 0.1) is 19.2 Å². The van der Waals surface area contributed by atoms with Gasteiger partial charge in [-0.2, -0.15) is 23.3 Å². The predicted molar refractivity (Wildman–Crippen MR) is 111 cm³/mol. The highest BCUT2D eigenvalue weighted by molar-refractivity contribution is 6.35. The highest BCUT2D eigenvalue weighted by Crippen LogP contribution is 2.42. The number of halogens is 5. The SMILES string of the molecule is COc1ccc(CCCC(=O)N2N=C(c3cc(Cl)cc(Cl)c3)CC2(O)C(F)(F)F)cc1. The summed E-state index contributed by atoms with van der Waals surface area (Å²) in [6.07, 6.45) is -5.50. The minimum Gasteiger partial charge on any atom is -0.497 e. The molecule has 1 N–H and O–H groups in total. The van der Waals surface area contributed by atoms with Crippen LogP contribution in [0.3, 0.4) is 0 Å². The van der Waals surface area contributed by atoms with Crippen molar-refractivity contribution >= 4 is 34.8 Å². The second-order valence-electron chi connectivity index (χ2n) is 7.10. The third-order valence-corrected chi connectivity index (χ3v) is 5.32. The predicted octanol–water partition coefficient (Wildman–Crippen LogP) is 5.21. The van der Waals surface area contributed by atoms with E-state index in [2.05, 4.69) is 5.10 Å². The van der Waals surface area contributed by atoms with Crippen molar-refractivity contribution in [3.8, 4) is 5.75 Å². The fourth-order valence-electron chi connectivity index (χ4n) is 3.25. The number of carbonyl (C=O) groups is 1. The van der Waals surface area contributed by atoms with Crippen molar-refractivity contribution in [2.24, 2.45) is 5.10 Å². The first kappa shape index (κ1) is 23.4. The van der Waals surface area contributed by atoms with Crippen LogP contribution in [0.25, 0.3) is 0 Å². The molecule has 0 bridgehead atoms. The van der Waals surface area contributed by atoms with E-state index in [1.807, 2.05) is 12.1 Å². The van der Waals surface area contributed by atoms with Crippen LogP contribution in [-0.2, 0) is 11.2 Å². The molecule has 1 amide bonds. The number of carbonyl (C=O) groups excluding carboxylic acids is 1. The molecule has 5 nitrogen and oxygen atoms in total. The van der Waals surface area contributed by atoms with E-state index in [9.17, 15) is 23.1 Å². The molecule has 1 atom stereocenters. The molecule has 2 aromatic rings. The van der Waals surface area contributed by atoms with Crippen LogP contribution < -0.4 is 4.74 Å². The lowest BCUT2D eigenvalue weighted by molar-refractivity contribution is -0.302. The van der Waals surface area contributed by atoms with Crippen molar-refractivity contribution in [1.29, 1.82) is 0 Å². The third kappa shape index (κ3) is 5.14. The van der Waals surface area contributed by atoms with Crippen molar-refractivity contribution in [3.63, 3.8) is 0 Å². The van der Waals surface area contributed by atoms with Gasteiger partial charge in [-0.05, 0) is 48.7 Å². The summed E-state index contributed by atoms with van der Waals surface area (Å²) in [7, 11) is 1.54. The zero-order chi connectivity index (χ0) is 22.8. The van der Waals surface area contributed by atoms with Gasteiger partial charge in [0.15, 0.2) is 0 Å². The number of rotatable bonds is 6. The summed E-state index contributed by atoms with van der Waals surface area (Å²) < 4.78 is 46.1. The maximum atomic E-state index is 13.7. The summed E-state index contributed by atoms with van der Waals surface area (Å²) >= 11 is 11.8. The van der Waals surface area contributed by atoms with E-state index in [0.717, 1.165) is 5.56 Å². The van der Waals surface area contributed by atoms with Crippen molar-refractivity contribution in [1.82, 2.24) is 5.01 Å². The van der Waals surface area contributed by atoms with Gasteiger partial charge >= 0.3 is 6.18 Å². The number of aryl methyl sites for hydroxylation is 1. The molecule has 0 saturated heterocycles. The Hall–Kier alpha value is -2.29. The lowest BCUT2D eigenvalue weighted by Crippen LogP contribution is -2.56. The molecule has 1 aliphatic rings. The van der Waals surface area contributed by atoms with Crippen LogP contribution in [-0.4, -0.2) is 40.7 Å². The molecule has 10 heteroatoms. The maximum Gasteiger partial charge on any atom is 0.438 e. The highest BCUT2D eigenvalue weighted by atomic mass is 35.5. The van der Waals surface area contributed by atoms with E-state index < -0.39 is 24.2 Å². The molecule has 1 heterocycles. The van der Waals surface area contributed by atoms with Gasteiger partial charge in [-0.1, -0.05) is 35.3 Å². The Labute approximate surface area is 187 Å². The minimum atomic E-state index is -5.10. The Morgan fingerprint density at radius 1 is 1.19 bits per heavy atom. The maximum absolute atomic E-state index is 13.7. The zero-order valence-corrected chi connectivity index (χ0v) is 17.9. The molecule has 2 aromatic carbocycles. The van der Waals surface area contributed by atoms with Crippen LogP contribution in [0, 0.1) is 0 Å². The van der Waals surface area contributed by atoms with Crippen molar-refractivity contribution < 1.29 is 27.8 Å². The molecule has 3 rings (SSSR count). The summed E-state index contributed by atoms with van der Waals surface area (Å²) in [4.78, 5) is 12.6. The Bertz CT molecular complexity index is 976. The molecule has 1 aliphatic heterocycles. The summed E-state index contributed by atoms with van der Waals surface area (Å²) in [5.74, 6) is -0.258. The monoisotopic (exact) mass is 474 g/mol. The van der Waals surface area contributed by atoms with Crippen molar-refractivity contribution in [3.05, 3.63) is 63.6 Å². The van der Waals surface area contributed by atoms with Crippen molar-refractivity contribution in [2.45, 2.75) is 37.6 Å². The molecule has 0 saturated carbocycles. The smallest absolute Gasteiger partial charge is 0.438 e. The second-order valence-corrected chi connectivity index (χ2v) is 7.98. The average Bonchev–Trinajstić information content (AvgIpc) is 3.07. The molecule has 0 radical (unpaired) electrons. The largest absolute Gasteiger partial charge is 0.497 e. The molecule has 0 aliphatic carbocycles. The van der Waals surface area contributed by atoms with Crippen LogP contribution in [0.2, 0.25) is 10.0 Å². The van der Waals surface area contributed by atoms with E-state index in [0.29, 0.717) is 12.2 Å². The Morgan fingerprint density at radius 2 is 1.81 bits per heavy atom. The number of hydrogen-bond donors (Lipinski definition) is 1. The minimum absolute atomic E-state index is 0.130. The summed E-state index contributed by atoms with van der Waals surface area (Å²) in [6.45, 7) is 0. The molecule has 31 heavy (non-hydrogen) atoms. The zero-order valence-electron chi connectivity index (χ0n) is 16.4. The number of amides is 1. The number of hydrazone groups is 1. The fourth-order valence-corrected chi connectivity index (χ4v) is 3.78. The molecule has 0 aromatic heterocycles. The number of aliphatic hydroxyl groups is 1. The van der Waals surface area contributed by atoms with Crippen LogP contribution >= 0.6 is 23.2 Å². The van der Waals surface area contributed by atoms with Crippen LogP contribution in [0.5, 0.6) is 5.75 Å². The number of methoxy groups -OCH3 is 1. The van der Waals surface area contributed by atoms with Crippen LogP contribution in [0.4, 0.5) is 13.2 Å². The van der Waals surface area contributed by atoms with Gasteiger partial charge in [-0.3, -0.25) is 4.79 Å². The highest BCUT2D eigenvalue weighted by Gasteiger charge is 2.63. The van der Waals surface area contributed by atoms with E-state index in [-0.39, 0.29) is 39.2 Å². The molecule has 0 spiro atoms. The first-order valence-electron chi connectivity index (χ1n) is 9.32. The number of nitrogens with zero attached hydrogens (tertiary/aromatic N) is 2. The number of benzene rings is 2. The first-order valence-corrected chi connectivity index (χ1v) is 10.1. The molecule has 1 unspecified atom stereocenters. The Morgan fingerprint density at radius 3 is 2.35 bits per heavy atom. The van der Waals surface area contributed by atoms with E-state index in [1.165, 1.54) is 25.3 Å². The molecular formula is C21H19Cl2F3N2O3. The lowest BCUT2D eigenvalue weighted by Gasteiger charge is -2.32. The van der Waals surface area contributed by atoms with Gasteiger partial charge in [0.1, 0.15) is 5.75 Å². The summed E-state index contributed by atoms with van der Waals surface area (Å²) in [6, 6.07) is 11.3. The average molecular weight is 475 g/mol. The van der Waals surface area contributed by atoms with E-state index >= 15 is 0 Å². The standard InChI is InChI=1S/C21H19Cl2F3N2O3/c1-31-17-7-5-13(6-8-17)3-2-4-19(29)28-20(30,21(24,25)26)12-18(27-28)14-9-15(22)11-16(23)10-14/h5-11,30H,2-4,12H2,1H3. The molecule has 0 fully saturated rings. The Kier molecular flexibility index (Phi) is 6.83. The first-order chi connectivity index (χ1) is 14.5. The summed E-state index contributed by atoms with van der Waals surface area (Å²) in [5.41, 5.74) is -2.46. The van der Waals surface area contributed by atoms with Gasteiger partial charge in [0.2, 0.25) is 5.91 Å². The molecule has 166 valence electrons. The van der Waals surface area contributed by atoms with Gasteiger partial charge in [0, 0.05) is 22.0 Å². The quantitative estimate of drug-likeness (QED) is 0.624.